The van der Waals surface area contributed by atoms with Crippen molar-refractivity contribution in [3.8, 4) is 44.9 Å². The molecule has 0 atom stereocenters. The number of ether oxygens (including phenoxy) is 1. The van der Waals surface area contributed by atoms with Gasteiger partial charge in [0.2, 0.25) is 0 Å². The second kappa shape index (κ2) is 14.2. The maximum atomic E-state index is 7.19. The maximum absolute atomic E-state index is 7.19. The average molecular weight is 842 g/mol. The van der Waals surface area contributed by atoms with Crippen LogP contribution in [-0.4, -0.2) is 0 Å². The fourth-order valence-electron chi connectivity index (χ4n) is 11.3. The van der Waals surface area contributed by atoms with Crippen LogP contribution in [0.3, 0.4) is 0 Å². The van der Waals surface area contributed by atoms with Gasteiger partial charge in [-0.25, -0.2) is 0 Å². The lowest BCUT2D eigenvalue weighted by Crippen LogP contribution is -2.32. The van der Waals surface area contributed by atoms with Crippen LogP contribution in [-0.2, 0) is 5.41 Å². The van der Waals surface area contributed by atoms with E-state index < -0.39 is 5.41 Å². The highest BCUT2D eigenvalue weighted by molar-refractivity contribution is 6.14. The molecule has 0 unspecified atom stereocenters. The van der Waals surface area contributed by atoms with Crippen LogP contribution in [0.2, 0.25) is 0 Å². The summed E-state index contributed by atoms with van der Waals surface area (Å²) in [6.07, 6.45) is 0. The molecule has 0 bridgehead atoms. The van der Waals surface area contributed by atoms with Gasteiger partial charge >= 0.3 is 0 Å². The minimum absolute atomic E-state index is 0.604. The van der Waals surface area contributed by atoms with E-state index in [-0.39, 0.29) is 0 Å². The molecule has 0 amide bonds. The summed E-state index contributed by atoms with van der Waals surface area (Å²) in [5, 5.41) is 6.72. The highest BCUT2D eigenvalue weighted by Gasteiger charge is 2.51. The Bertz CT molecular complexity index is 3850. The van der Waals surface area contributed by atoms with Gasteiger partial charge < -0.3 is 14.1 Å². The Morgan fingerprint density at radius 2 is 0.894 bits per heavy atom. The largest absolute Gasteiger partial charge is 0.456 e. The summed E-state index contributed by atoms with van der Waals surface area (Å²) < 4.78 is 13.7. The van der Waals surface area contributed by atoms with Crippen molar-refractivity contribution in [2.24, 2.45) is 0 Å². The lowest BCUT2D eigenvalue weighted by atomic mass is 9.65. The number of furan rings is 1. The third-order valence-corrected chi connectivity index (χ3v) is 14.1. The molecule has 308 valence electrons. The van der Waals surface area contributed by atoms with Crippen LogP contribution in [0.4, 0.5) is 17.1 Å². The molecular formula is C63H39NO2. The average Bonchev–Trinajstić information content (AvgIpc) is 3.91. The summed E-state index contributed by atoms with van der Waals surface area (Å²) in [7, 11) is 0. The van der Waals surface area contributed by atoms with E-state index in [0.717, 1.165) is 94.3 Å². The lowest BCUT2D eigenvalue weighted by Gasteiger charge is -2.40. The highest BCUT2D eigenvalue weighted by atomic mass is 16.5. The smallest absolute Gasteiger partial charge is 0.140 e. The molecular weight excluding hydrogens is 803 g/mol. The van der Waals surface area contributed by atoms with E-state index in [9.17, 15) is 0 Å². The van der Waals surface area contributed by atoms with Crippen LogP contribution in [0, 0.1) is 0 Å². The monoisotopic (exact) mass is 841 g/mol. The van der Waals surface area contributed by atoms with Crippen molar-refractivity contribution in [3.63, 3.8) is 0 Å². The SMILES string of the molecule is c1ccc(-c2ccccc2N(c2cccc(-c3ccc4c(c3)-c3ccccc3C43c4ccc5ccccc5c4Oc4c3ccc3ccccc43)c2)c2cccc3oc4ccccc4c23)cc1. The van der Waals surface area contributed by atoms with Gasteiger partial charge in [-0.15, -0.1) is 0 Å². The zero-order valence-corrected chi connectivity index (χ0v) is 35.8. The zero-order valence-electron chi connectivity index (χ0n) is 35.8. The van der Waals surface area contributed by atoms with E-state index in [2.05, 4.69) is 235 Å². The Kier molecular flexibility index (Phi) is 7.90. The van der Waals surface area contributed by atoms with Crippen molar-refractivity contribution in [1.29, 1.82) is 0 Å². The number of para-hydroxylation sites is 2. The number of nitrogens with zero attached hydrogens (tertiary/aromatic N) is 1. The van der Waals surface area contributed by atoms with Crippen molar-refractivity contribution < 1.29 is 9.15 Å². The molecule has 0 radical (unpaired) electrons. The Morgan fingerprint density at radius 3 is 1.68 bits per heavy atom. The Morgan fingerprint density at radius 1 is 0.333 bits per heavy atom. The van der Waals surface area contributed by atoms with E-state index in [1.54, 1.807) is 0 Å². The van der Waals surface area contributed by atoms with Crippen LogP contribution in [0.1, 0.15) is 22.3 Å². The standard InChI is InChI=1S/C63H39NO2/c1-2-16-40(17-3-1)46-22-9-12-28-56(46)64(57-29-15-31-59-60(57)50-26-10-13-30-58(50)65-59)45-21-14-20-43(38-45)44-34-35-53-51(39-44)49-25-8-11-27-52(49)63(53)54-36-32-41-18-4-6-23-47(41)61(54)66-62-48-24-7-5-19-42(48)33-37-55(62)63/h1-39H. The maximum Gasteiger partial charge on any atom is 0.140 e. The fourth-order valence-corrected chi connectivity index (χ4v) is 11.3. The van der Waals surface area contributed by atoms with Gasteiger partial charge in [-0.3, -0.25) is 0 Å². The van der Waals surface area contributed by atoms with Crippen molar-refractivity contribution in [2.45, 2.75) is 5.41 Å². The van der Waals surface area contributed by atoms with E-state index in [4.69, 9.17) is 9.15 Å². The second-order valence-electron chi connectivity index (χ2n) is 17.5. The van der Waals surface area contributed by atoms with Gasteiger partial charge in [0.05, 0.1) is 22.2 Å². The Hall–Kier alpha value is -8.66. The molecule has 14 rings (SSSR count). The normalized spacial score (nSPS) is 13.1. The molecule has 2 aliphatic rings. The van der Waals surface area contributed by atoms with Crippen molar-refractivity contribution in [3.05, 3.63) is 259 Å². The summed E-state index contributed by atoms with van der Waals surface area (Å²) >= 11 is 0. The Balaban J connectivity index is 0.994. The molecule has 1 spiro atoms. The molecule has 3 heteroatoms. The molecule has 0 N–H and O–H groups in total. The van der Waals surface area contributed by atoms with Gasteiger partial charge in [0.1, 0.15) is 22.7 Å². The second-order valence-corrected chi connectivity index (χ2v) is 17.5. The summed E-state index contributed by atoms with van der Waals surface area (Å²) in [6, 6.07) is 85.7. The number of hydrogen-bond donors (Lipinski definition) is 0. The zero-order chi connectivity index (χ0) is 43.3. The van der Waals surface area contributed by atoms with E-state index in [1.807, 2.05) is 6.07 Å². The number of anilines is 3. The highest BCUT2D eigenvalue weighted by Crippen LogP contribution is 2.64. The van der Waals surface area contributed by atoms with E-state index in [0.29, 0.717) is 0 Å². The summed E-state index contributed by atoms with van der Waals surface area (Å²) in [5.41, 5.74) is 16.2. The summed E-state index contributed by atoms with van der Waals surface area (Å²) in [4.78, 5) is 2.42. The van der Waals surface area contributed by atoms with Crippen LogP contribution in [0.5, 0.6) is 11.5 Å². The van der Waals surface area contributed by atoms with E-state index >= 15 is 0 Å². The minimum atomic E-state index is -0.604. The fraction of sp³-hybridized carbons (Fsp3) is 0.0159. The van der Waals surface area contributed by atoms with Crippen LogP contribution < -0.4 is 9.64 Å². The molecule has 1 aliphatic carbocycles. The molecule has 0 fully saturated rings. The molecule has 1 aliphatic heterocycles. The first-order chi connectivity index (χ1) is 32.7. The van der Waals surface area contributed by atoms with Crippen LogP contribution >= 0.6 is 0 Å². The molecule has 11 aromatic carbocycles. The summed E-state index contributed by atoms with van der Waals surface area (Å²) in [5.74, 6) is 1.85. The lowest BCUT2D eigenvalue weighted by molar-refractivity contribution is 0.447. The summed E-state index contributed by atoms with van der Waals surface area (Å²) in [6.45, 7) is 0. The van der Waals surface area contributed by atoms with Crippen molar-refractivity contribution in [2.75, 3.05) is 4.90 Å². The molecule has 2 heterocycles. The first-order valence-electron chi connectivity index (χ1n) is 22.7. The molecule has 0 saturated carbocycles. The third-order valence-electron chi connectivity index (χ3n) is 14.1. The first-order valence-corrected chi connectivity index (χ1v) is 22.7. The van der Waals surface area contributed by atoms with Crippen molar-refractivity contribution >= 4 is 60.5 Å². The number of benzene rings is 11. The van der Waals surface area contributed by atoms with Crippen molar-refractivity contribution in [1.82, 2.24) is 0 Å². The third kappa shape index (κ3) is 5.20. The molecule has 1 aromatic heterocycles. The van der Waals surface area contributed by atoms with E-state index in [1.165, 1.54) is 33.4 Å². The van der Waals surface area contributed by atoms with Gasteiger partial charge in [-0.05, 0) is 92.2 Å². The predicted molar refractivity (Wildman–Crippen MR) is 272 cm³/mol. The molecule has 3 nitrogen and oxygen atoms in total. The van der Waals surface area contributed by atoms with Crippen LogP contribution in [0.15, 0.2) is 241 Å². The van der Waals surface area contributed by atoms with Gasteiger partial charge in [0.25, 0.3) is 0 Å². The number of hydrogen-bond acceptors (Lipinski definition) is 3. The minimum Gasteiger partial charge on any atom is -0.456 e. The Labute approximate surface area is 382 Å². The molecule has 12 aromatic rings. The first kappa shape index (κ1) is 36.8. The number of rotatable bonds is 5. The molecule has 66 heavy (non-hydrogen) atoms. The van der Waals surface area contributed by atoms with Gasteiger partial charge in [0.15, 0.2) is 0 Å². The van der Waals surface area contributed by atoms with Crippen LogP contribution in [0.25, 0.3) is 76.9 Å². The molecule has 0 saturated heterocycles. The van der Waals surface area contributed by atoms with Gasteiger partial charge in [-0.1, -0.05) is 194 Å². The number of fused-ring (bicyclic) bond motifs is 16. The van der Waals surface area contributed by atoms with Gasteiger partial charge in [-0.2, -0.15) is 0 Å². The topological polar surface area (TPSA) is 25.6 Å². The van der Waals surface area contributed by atoms with Gasteiger partial charge in [0, 0.05) is 38.5 Å². The predicted octanol–water partition coefficient (Wildman–Crippen LogP) is 17.2. The quantitative estimate of drug-likeness (QED) is 0.173.